The minimum absolute atomic E-state index is 0.00181. The topological polar surface area (TPSA) is 142 Å². The molecule has 30 heavy (non-hydrogen) atoms. The van der Waals surface area contributed by atoms with Gasteiger partial charge in [-0.2, -0.15) is 11.8 Å². The van der Waals surface area contributed by atoms with Gasteiger partial charge in [0, 0.05) is 27.8 Å². The Kier molecular flexibility index (Phi) is 6.79. The number of nitrogens with two attached hydrogens (primary N) is 2. The molecule has 0 spiro atoms. The lowest BCUT2D eigenvalue weighted by Gasteiger charge is -2.07. The number of fused-ring (bicyclic) bond motifs is 1. The number of nitrogens with one attached hydrogen (secondary N) is 3. The highest BCUT2D eigenvalue weighted by Crippen LogP contribution is 2.32. The van der Waals surface area contributed by atoms with E-state index in [1.807, 2.05) is 18.2 Å². The SMILES string of the molecule is CCSCCOC(=O)Cc1c(-c2ccc(C(=N)N)cc2)[nH]c2cc(C(=N)N)ccc12. The Bertz CT molecular complexity index is 1090. The van der Waals surface area contributed by atoms with Gasteiger partial charge in [0.15, 0.2) is 0 Å². The first-order valence-corrected chi connectivity index (χ1v) is 10.7. The smallest absolute Gasteiger partial charge is 0.310 e. The van der Waals surface area contributed by atoms with Crippen LogP contribution >= 0.6 is 11.8 Å². The number of aromatic amines is 1. The van der Waals surface area contributed by atoms with E-state index in [0.717, 1.165) is 39.2 Å². The number of esters is 1. The molecule has 0 amide bonds. The Balaban J connectivity index is 1.99. The van der Waals surface area contributed by atoms with Crippen molar-refractivity contribution in [3.05, 3.63) is 59.2 Å². The number of aromatic nitrogens is 1. The lowest BCUT2D eigenvalue weighted by Crippen LogP contribution is -2.11. The van der Waals surface area contributed by atoms with Gasteiger partial charge in [-0.05, 0) is 22.9 Å². The molecule has 0 atom stereocenters. The van der Waals surface area contributed by atoms with Crippen molar-refractivity contribution in [3.8, 4) is 11.3 Å². The van der Waals surface area contributed by atoms with E-state index in [1.54, 1.807) is 36.0 Å². The van der Waals surface area contributed by atoms with E-state index >= 15 is 0 Å². The average molecular weight is 424 g/mol. The number of ether oxygens (including phenoxy) is 1. The molecule has 0 saturated carbocycles. The van der Waals surface area contributed by atoms with Gasteiger partial charge in [0.2, 0.25) is 0 Å². The van der Waals surface area contributed by atoms with Crippen LogP contribution in [-0.4, -0.2) is 40.7 Å². The minimum atomic E-state index is -0.287. The van der Waals surface area contributed by atoms with Gasteiger partial charge in [-0.15, -0.1) is 0 Å². The van der Waals surface area contributed by atoms with Crippen LogP contribution in [0.5, 0.6) is 0 Å². The maximum atomic E-state index is 12.5. The molecule has 8 heteroatoms. The fraction of sp³-hybridized carbons (Fsp3) is 0.227. The van der Waals surface area contributed by atoms with Crippen LogP contribution in [0.15, 0.2) is 42.5 Å². The van der Waals surface area contributed by atoms with Crippen LogP contribution in [0.1, 0.15) is 23.6 Å². The standard InChI is InChI=1S/C22H25N5O2S/c1-2-30-10-9-29-19(28)12-17-16-8-7-15(22(25)26)11-18(16)27-20(17)13-3-5-14(6-4-13)21(23)24/h3-8,11,27H,2,9-10,12H2,1H3,(H3,23,24)(H3,25,26). The number of thioether (sulfide) groups is 1. The Morgan fingerprint density at radius 2 is 1.73 bits per heavy atom. The molecule has 7 N–H and O–H groups in total. The third-order valence-electron chi connectivity index (χ3n) is 4.72. The summed E-state index contributed by atoms with van der Waals surface area (Å²) >= 11 is 1.73. The average Bonchev–Trinajstić information content (AvgIpc) is 3.08. The first-order valence-electron chi connectivity index (χ1n) is 9.58. The number of hydrogen-bond acceptors (Lipinski definition) is 5. The second-order valence-electron chi connectivity index (χ2n) is 6.74. The van der Waals surface area contributed by atoms with Gasteiger partial charge in [-0.3, -0.25) is 15.6 Å². The zero-order valence-corrected chi connectivity index (χ0v) is 17.6. The molecule has 0 unspecified atom stereocenters. The second kappa shape index (κ2) is 9.49. The summed E-state index contributed by atoms with van der Waals surface area (Å²) in [5.41, 5.74) is 15.7. The van der Waals surface area contributed by atoms with Crippen LogP contribution in [0.25, 0.3) is 22.2 Å². The zero-order chi connectivity index (χ0) is 21.7. The molecular weight excluding hydrogens is 398 g/mol. The lowest BCUT2D eigenvalue weighted by molar-refractivity contribution is -0.142. The van der Waals surface area contributed by atoms with Gasteiger partial charge in [-0.25, -0.2) is 0 Å². The highest BCUT2D eigenvalue weighted by atomic mass is 32.2. The summed E-state index contributed by atoms with van der Waals surface area (Å²) in [4.78, 5) is 15.8. The molecule has 0 aliphatic rings. The molecule has 1 aromatic heterocycles. The van der Waals surface area contributed by atoms with Crippen LogP contribution in [0, 0.1) is 10.8 Å². The van der Waals surface area contributed by atoms with Gasteiger partial charge < -0.3 is 21.2 Å². The van der Waals surface area contributed by atoms with Gasteiger partial charge >= 0.3 is 5.97 Å². The second-order valence-corrected chi connectivity index (χ2v) is 8.13. The number of amidine groups is 2. The molecule has 0 bridgehead atoms. The van der Waals surface area contributed by atoms with Crippen molar-refractivity contribution >= 4 is 40.3 Å². The maximum Gasteiger partial charge on any atom is 0.310 e. The lowest BCUT2D eigenvalue weighted by atomic mass is 10.0. The summed E-state index contributed by atoms with van der Waals surface area (Å²) in [5.74, 6) is 1.45. The Hall–Kier alpha value is -3.26. The Morgan fingerprint density at radius 1 is 1.07 bits per heavy atom. The molecule has 0 saturated heterocycles. The number of carbonyl (C=O) groups excluding carboxylic acids is 1. The van der Waals surface area contributed by atoms with E-state index in [4.69, 9.17) is 27.0 Å². The molecule has 2 aromatic carbocycles. The third kappa shape index (κ3) is 4.83. The molecule has 0 fully saturated rings. The van der Waals surface area contributed by atoms with E-state index in [9.17, 15) is 4.79 Å². The molecule has 1 heterocycles. The molecule has 3 aromatic rings. The fourth-order valence-electron chi connectivity index (χ4n) is 3.22. The largest absolute Gasteiger partial charge is 0.465 e. The molecule has 7 nitrogen and oxygen atoms in total. The third-order valence-corrected chi connectivity index (χ3v) is 5.58. The Labute approximate surface area is 179 Å². The van der Waals surface area contributed by atoms with Gasteiger partial charge in [0.25, 0.3) is 0 Å². The van der Waals surface area contributed by atoms with Crippen molar-refractivity contribution in [1.82, 2.24) is 4.98 Å². The molecule has 0 aliphatic carbocycles. The van der Waals surface area contributed by atoms with Crippen LogP contribution < -0.4 is 11.5 Å². The molecule has 3 rings (SSSR count). The zero-order valence-electron chi connectivity index (χ0n) is 16.7. The van der Waals surface area contributed by atoms with E-state index in [1.165, 1.54) is 0 Å². The van der Waals surface area contributed by atoms with E-state index < -0.39 is 0 Å². The molecule has 0 aliphatic heterocycles. The summed E-state index contributed by atoms with van der Waals surface area (Å²) in [6.07, 6.45) is 0.125. The predicted octanol–water partition coefficient (Wildman–Crippen LogP) is 3.24. The van der Waals surface area contributed by atoms with E-state index in [2.05, 4.69) is 11.9 Å². The van der Waals surface area contributed by atoms with Gasteiger partial charge in [0.05, 0.1) is 12.1 Å². The van der Waals surface area contributed by atoms with Crippen LogP contribution in [0.2, 0.25) is 0 Å². The highest BCUT2D eigenvalue weighted by molar-refractivity contribution is 7.99. The van der Waals surface area contributed by atoms with E-state index in [0.29, 0.717) is 17.7 Å². The number of carbonyl (C=O) groups is 1. The first kappa shape index (κ1) is 21.4. The van der Waals surface area contributed by atoms with E-state index in [-0.39, 0.29) is 24.1 Å². The van der Waals surface area contributed by atoms with Gasteiger partial charge in [-0.1, -0.05) is 43.3 Å². The van der Waals surface area contributed by atoms with Crippen molar-refractivity contribution in [3.63, 3.8) is 0 Å². The maximum absolute atomic E-state index is 12.5. The summed E-state index contributed by atoms with van der Waals surface area (Å²) in [6.45, 7) is 2.45. The quantitative estimate of drug-likeness (QED) is 0.155. The molecule has 0 radical (unpaired) electrons. The predicted molar refractivity (Wildman–Crippen MR) is 123 cm³/mol. The minimum Gasteiger partial charge on any atom is -0.465 e. The van der Waals surface area contributed by atoms with Crippen LogP contribution in [-0.2, 0) is 16.0 Å². The number of H-pyrrole nitrogens is 1. The number of hydrogen-bond donors (Lipinski definition) is 5. The van der Waals surface area contributed by atoms with Gasteiger partial charge in [0.1, 0.15) is 18.3 Å². The van der Waals surface area contributed by atoms with Crippen molar-refractivity contribution in [2.75, 3.05) is 18.1 Å². The number of rotatable bonds is 9. The summed E-state index contributed by atoms with van der Waals surface area (Å²) in [5, 5.41) is 16.1. The summed E-state index contributed by atoms with van der Waals surface area (Å²) in [7, 11) is 0. The van der Waals surface area contributed by atoms with Crippen molar-refractivity contribution < 1.29 is 9.53 Å². The normalized spacial score (nSPS) is 10.8. The first-order chi connectivity index (χ1) is 14.4. The number of benzene rings is 2. The monoisotopic (exact) mass is 423 g/mol. The van der Waals surface area contributed by atoms with Crippen molar-refractivity contribution in [2.24, 2.45) is 11.5 Å². The fourth-order valence-corrected chi connectivity index (χ4v) is 3.71. The van der Waals surface area contributed by atoms with Crippen molar-refractivity contribution in [1.29, 1.82) is 10.8 Å². The number of nitrogen functional groups attached to an aromatic ring is 2. The summed E-state index contributed by atoms with van der Waals surface area (Å²) < 4.78 is 5.40. The highest BCUT2D eigenvalue weighted by Gasteiger charge is 2.18. The summed E-state index contributed by atoms with van der Waals surface area (Å²) in [6, 6.07) is 12.7. The Morgan fingerprint density at radius 3 is 2.37 bits per heavy atom. The molecular formula is C22H25N5O2S. The molecule has 156 valence electrons. The van der Waals surface area contributed by atoms with Crippen molar-refractivity contribution in [2.45, 2.75) is 13.3 Å². The van der Waals surface area contributed by atoms with Crippen LogP contribution in [0.3, 0.4) is 0 Å². The van der Waals surface area contributed by atoms with Crippen LogP contribution in [0.4, 0.5) is 0 Å².